The average Bonchev–Trinajstić information content (AvgIpc) is 2.39. The molecule has 1 saturated heterocycles. The summed E-state index contributed by atoms with van der Waals surface area (Å²) in [5, 5.41) is 9.65. The molecule has 16 heavy (non-hydrogen) atoms. The Labute approximate surface area is 98.6 Å². The number of hydrogen-bond donors (Lipinski definition) is 3. The lowest BCUT2D eigenvalue weighted by Crippen LogP contribution is -2.46. The Kier molecular flexibility index (Phi) is 5.22. The van der Waals surface area contributed by atoms with Gasteiger partial charge in [0.1, 0.15) is 0 Å². The van der Waals surface area contributed by atoms with E-state index in [1.165, 1.54) is 6.42 Å². The van der Waals surface area contributed by atoms with Crippen LogP contribution < -0.4 is 16.0 Å². The fraction of sp³-hybridized carbons (Fsp3) is 0.917. The molecule has 1 aliphatic heterocycles. The zero-order valence-corrected chi connectivity index (χ0v) is 10.7. The summed E-state index contributed by atoms with van der Waals surface area (Å²) in [5.41, 5.74) is -0.135. The van der Waals surface area contributed by atoms with Crippen molar-refractivity contribution in [3.8, 4) is 0 Å². The molecule has 0 spiro atoms. The molecule has 4 heteroatoms. The summed E-state index contributed by atoms with van der Waals surface area (Å²) in [5.74, 6) is 0.0877. The van der Waals surface area contributed by atoms with Crippen molar-refractivity contribution in [1.29, 1.82) is 0 Å². The number of hydrogen-bond acceptors (Lipinski definition) is 3. The monoisotopic (exact) mass is 227 g/mol. The lowest BCUT2D eigenvalue weighted by Gasteiger charge is -2.22. The molecule has 1 aliphatic rings. The van der Waals surface area contributed by atoms with Crippen molar-refractivity contribution in [2.45, 2.75) is 51.6 Å². The lowest BCUT2D eigenvalue weighted by atomic mass is 10.1. The summed E-state index contributed by atoms with van der Waals surface area (Å²) in [7, 11) is 0. The van der Waals surface area contributed by atoms with E-state index in [0.29, 0.717) is 12.6 Å². The lowest BCUT2D eigenvalue weighted by molar-refractivity contribution is -0.121. The minimum Gasteiger partial charge on any atom is -0.350 e. The molecule has 1 unspecified atom stereocenters. The number of carbonyl (C=O) groups is 1. The number of amides is 1. The molecule has 0 aromatic rings. The summed E-state index contributed by atoms with van der Waals surface area (Å²) >= 11 is 0. The summed E-state index contributed by atoms with van der Waals surface area (Å²) < 4.78 is 0. The number of rotatable bonds is 3. The molecule has 94 valence electrons. The van der Waals surface area contributed by atoms with Crippen molar-refractivity contribution in [2.75, 3.05) is 19.6 Å². The molecule has 0 aromatic carbocycles. The van der Waals surface area contributed by atoms with E-state index in [9.17, 15) is 4.79 Å². The molecule has 1 rings (SSSR count). The molecule has 0 bridgehead atoms. The molecule has 0 saturated carbocycles. The maximum atomic E-state index is 11.6. The molecule has 4 nitrogen and oxygen atoms in total. The van der Waals surface area contributed by atoms with Crippen molar-refractivity contribution < 1.29 is 4.79 Å². The van der Waals surface area contributed by atoms with Crippen LogP contribution in [-0.2, 0) is 4.79 Å². The van der Waals surface area contributed by atoms with E-state index >= 15 is 0 Å². The molecular formula is C12H25N3O. The second kappa shape index (κ2) is 6.21. The zero-order valence-electron chi connectivity index (χ0n) is 10.7. The maximum absolute atomic E-state index is 11.6. The highest BCUT2D eigenvalue weighted by Crippen LogP contribution is 2.04. The Morgan fingerprint density at radius 2 is 2.06 bits per heavy atom. The van der Waals surface area contributed by atoms with Crippen LogP contribution in [0.15, 0.2) is 0 Å². The fourth-order valence-electron chi connectivity index (χ4n) is 1.92. The van der Waals surface area contributed by atoms with Crippen LogP contribution in [0.5, 0.6) is 0 Å². The predicted molar refractivity (Wildman–Crippen MR) is 66.4 cm³/mol. The Balaban J connectivity index is 2.20. The molecule has 1 fully saturated rings. The van der Waals surface area contributed by atoms with Crippen LogP contribution in [0, 0.1) is 0 Å². The first-order valence-electron chi connectivity index (χ1n) is 6.22. The van der Waals surface area contributed by atoms with E-state index in [-0.39, 0.29) is 11.4 Å². The van der Waals surface area contributed by atoms with Gasteiger partial charge in [0.2, 0.25) is 5.91 Å². The van der Waals surface area contributed by atoms with Gasteiger partial charge in [0, 0.05) is 11.6 Å². The second-order valence-corrected chi connectivity index (χ2v) is 5.56. The SMILES string of the molecule is CC(C)(C)NC(=O)CNC1CCCNCC1. The number of nitrogens with one attached hydrogen (secondary N) is 3. The van der Waals surface area contributed by atoms with Gasteiger partial charge in [0.15, 0.2) is 0 Å². The van der Waals surface area contributed by atoms with Crippen molar-refractivity contribution in [1.82, 2.24) is 16.0 Å². The quantitative estimate of drug-likeness (QED) is 0.663. The van der Waals surface area contributed by atoms with E-state index in [4.69, 9.17) is 0 Å². The van der Waals surface area contributed by atoms with Crippen LogP contribution in [0.3, 0.4) is 0 Å². The molecule has 0 radical (unpaired) electrons. The van der Waals surface area contributed by atoms with Crippen LogP contribution >= 0.6 is 0 Å². The van der Waals surface area contributed by atoms with Gasteiger partial charge < -0.3 is 16.0 Å². The third-order valence-electron chi connectivity index (χ3n) is 2.64. The van der Waals surface area contributed by atoms with E-state index in [1.54, 1.807) is 0 Å². The largest absolute Gasteiger partial charge is 0.350 e. The Morgan fingerprint density at radius 1 is 1.31 bits per heavy atom. The Hall–Kier alpha value is -0.610. The highest BCUT2D eigenvalue weighted by atomic mass is 16.2. The van der Waals surface area contributed by atoms with Gasteiger partial charge in [-0.1, -0.05) is 0 Å². The topological polar surface area (TPSA) is 53.2 Å². The predicted octanol–water partition coefficient (Wildman–Crippen LogP) is 0.633. The number of carbonyl (C=O) groups excluding carboxylic acids is 1. The van der Waals surface area contributed by atoms with Crippen molar-refractivity contribution in [3.05, 3.63) is 0 Å². The van der Waals surface area contributed by atoms with Crippen LogP contribution in [0.2, 0.25) is 0 Å². The molecule has 0 aromatic heterocycles. The minimum absolute atomic E-state index is 0.0877. The zero-order chi connectivity index (χ0) is 12.0. The first kappa shape index (κ1) is 13.5. The first-order valence-corrected chi connectivity index (χ1v) is 6.22. The van der Waals surface area contributed by atoms with E-state index in [1.807, 2.05) is 20.8 Å². The smallest absolute Gasteiger partial charge is 0.234 e. The van der Waals surface area contributed by atoms with Gasteiger partial charge in [-0.15, -0.1) is 0 Å². The van der Waals surface area contributed by atoms with Gasteiger partial charge in [-0.2, -0.15) is 0 Å². The van der Waals surface area contributed by atoms with Crippen molar-refractivity contribution in [2.24, 2.45) is 0 Å². The molecule has 0 aliphatic carbocycles. The molecular weight excluding hydrogens is 202 g/mol. The molecule has 1 heterocycles. The fourth-order valence-corrected chi connectivity index (χ4v) is 1.92. The van der Waals surface area contributed by atoms with Gasteiger partial charge in [-0.25, -0.2) is 0 Å². The van der Waals surface area contributed by atoms with Crippen molar-refractivity contribution in [3.63, 3.8) is 0 Å². The summed E-state index contributed by atoms with van der Waals surface area (Å²) in [6, 6.07) is 0.487. The standard InChI is InChI=1S/C12H25N3O/c1-12(2,3)15-11(16)9-14-10-5-4-7-13-8-6-10/h10,13-14H,4-9H2,1-3H3,(H,15,16). The summed E-state index contributed by atoms with van der Waals surface area (Å²) in [6.45, 7) is 8.59. The summed E-state index contributed by atoms with van der Waals surface area (Å²) in [4.78, 5) is 11.6. The second-order valence-electron chi connectivity index (χ2n) is 5.56. The highest BCUT2D eigenvalue weighted by Gasteiger charge is 2.16. The Morgan fingerprint density at radius 3 is 2.75 bits per heavy atom. The van der Waals surface area contributed by atoms with Crippen molar-refractivity contribution >= 4 is 5.91 Å². The van der Waals surface area contributed by atoms with Crippen LogP contribution in [-0.4, -0.2) is 37.1 Å². The van der Waals surface area contributed by atoms with Crippen LogP contribution in [0.4, 0.5) is 0 Å². The van der Waals surface area contributed by atoms with Gasteiger partial charge in [0.05, 0.1) is 6.54 Å². The van der Waals surface area contributed by atoms with Crippen LogP contribution in [0.1, 0.15) is 40.0 Å². The van der Waals surface area contributed by atoms with E-state index < -0.39 is 0 Å². The minimum atomic E-state index is -0.135. The molecule has 1 amide bonds. The van der Waals surface area contributed by atoms with Gasteiger partial charge >= 0.3 is 0 Å². The normalized spacial score (nSPS) is 22.6. The third kappa shape index (κ3) is 6.08. The van der Waals surface area contributed by atoms with Crippen LogP contribution in [0.25, 0.3) is 0 Å². The molecule has 3 N–H and O–H groups in total. The highest BCUT2D eigenvalue weighted by molar-refractivity contribution is 5.78. The first-order chi connectivity index (χ1) is 7.47. The molecule has 1 atom stereocenters. The van der Waals surface area contributed by atoms with E-state index in [2.05, 4.69) is 16.0 Å². The van der Waals surface area contributed by atoms with E-state index in [0.717, 1.165) is 25.9 Å². The third-order valence-corrected chi connectivity index (χ3v) is 2.64. The maximum Gasteiger partial charge on any atom is 0.234 e. The van der Waals surface area contributed by atoms with Gasteiger partial charge in [0.25, 0.3) is 0 Å². The Bertz CT molecular complexity index is 215. The summed E-state index contributed by atoms with van der Waals surface area (Å²) in [6.07, 6.45) is 3.47. The van der Waals surface area contributed by atoms with Gasteiger partial charge in [-0.3, -0.25) is 4.79 Å². The van der Waals surface area contributed by atoms with Gasteiger partial charge in [-0.05, 0) is 53.1 Å². The average molecular weight is 227 g/mol.